The molecule has 96 valence electrons. The van der Waals surface area contributed by atoms with E-state index in [0.29, 0.717) is 12.3 Å². The van der Waals surface area contributed by atoms with E-state index in [0.717, 1.165) is 21.9 Å². The molecular weight excluding hydrogens is 242 g/mol. The van der Waals surface area contributed by atoms with E-state index in [4.69, 9.17) is 5.11 Å². The van der Waals surface area contributed by atoms with Gasteiger partial charge >= 0.3 is 0 Å². The minimum atomic E-state index is 0.189. The standard InChI is InChI=1S/C15H19NOS/c1-11(2)9-12-3-5-13(6-4-12)15-16-10-14(18-15)7-8-17/h3-6,10-11,17H,7-9H2,1-2H3. The molecule has 18 heavy (non-hydrogen) atoms. The second kappa shape index (κ2) is 6.12. The Balaban J connectivity index is 2.12. The van der Waals surface area contributed by atoms with Gasteiger partial charge in [-0.25, -0.2) is 4.98 Å². The fourth-order valence-corrected chi connectivity index (χ4v) is 2.83. The van der Waals surface area contributed by atoms with Crippen LogP contribution in [-0.2, 0) is 12.8 Å². The van der Waals surface area contributed by atoms with Crippen molar-refractivity contribution in [3.8, 4) is 10.6 Å². The summed E-state index contributed by atoms with van der Waals surface area (Å²) >= 11 is 1.66. The fraction of sp³-hybridized carbons (Fsp3) is 0.400. The monoisotopic (exact) mass is 261 g/mol. The van der Waals surface area contributed by atoms with Crippen LogP contribution in [0.3, 0.4) is 0 Å². The molecule has 0 unspecified atom stereocenters. The van der Waals surface area contributed by atoms with Crippen molar-refractivity contribution in [2.24, 2.45) is 5.92 Å². The molecule has 1 aromatic carbocycles. The molecule has 0 radical (unpaired) electrons. The quantitative estimate of drug-likeness (QED) is 0.893. The number of thiazole rings is 1. The summed E-state index contributed by atoms with van der Waals surface area (Å²) in [6.45, 7) is 4.65. The van der Waals surface area contributed by atoms with E-state index in [-0.39, 0.29) is 6.61 Å². The molecule has 0 saturated carbocycles. The maximum Gasteiger partial charge on any atom is 0.123 e. The summed E-state index contributed by atoms with van der Waals surface area (Å²) in [5, 5.41) is 9.94. The smallest absolute Gasteiger partial charge is 0.123 e. The van der Waals surface area contributed by atoms with Crippen molar-refractivity contribution in [2.45, 2.75) is 26.7 Å². The van der Waals surface area contributed by atoms with Gasteiger partial charge in [0.1, 0.15) is 5.01 Å². The Morgan fingerprint density at radius 3 is 2.56 bits per heavy atom. The molecule has 0 fully saturated rings. The number of aliphatic hydroxyl groups excluding tert-OH is 1. The van der Waals surface area contributed by atoms with Crippen LogP contribution >= 0.6 is 11.3 Å². The number of hydrogen-bond acceptors (Lipinski definition) is 3. The molecule has 0 aliphatic carbocycles. The molecule has 1 aromatic heterocycles. The van der Waals surface area contributed by atoms with Crippen LogP contribution in [0.5, 0.6) is 0 Å². The van der Waals surface area contributed by atoms with Gasteiger partial charge in [-0.2, -0.15) is 0 Å². The third-order valence-corrected chi connectivity index (χ3v) is 3.86. The van der Waals surface area contributed by atoms with E-state index in [2.05, 4.69) is 43.1 Å². The van der Waals surface area contributed by atoms with Gasteiger partial charge in [0.25, 0.3) is 0 Å². The van der Waals surface area contributed by atoms with Crippen LogP contribution in [0.1, 0.15) is 24.3 Å². The first kappa shape index (κ1) is 13.2. The summed E-state index contributed by atoms with van der Waals surface area (Å²) in [4.78, 5) is 5.54. The minimum Gasteiger partial charge on any atom is -0.396 e. The second-order valence-corrected chi connectivity index (χ2v) is 6.02. The molecule has 1 heterocycles. The van der Waals surface area contributed by atoms with Crippen molar-refractivity contribution in [3.05, 3.63) is 40.9 Å². The highest BCUT2D eigenvalue weighted by atomic mass is 32.1. The number of aliphatic hydroxyl groups is 1. The number of nitrogens with zero attached hydrogens (tertiary/aromatic N) is 1. The third kappa shape index (κ3) is 3.40. The molecule has 0 saturated heterocycles. The van der Waals surface area contributed by atoms with Crippen molar-refractivity contribution in [1.82, 2.24) is 4.98 Å². The lowest BCUT2D eigenvalue weighted by atomic mass is 10.0. The van der Waals surface area contributed by atoms with Crippen molar-refractivity contribution >= 4 is 11.3 Å². The van der Waals surface area contributed by atoms with Gasteiger partial charge < -0.3 is 5.11 Å². The third-order valence-electron chi connectivity index (χ3n) is 2.76. The van der Waals surface area contributed by atoms with Gasteiger partial charge in [0.05, 0.1) is 0 Å². The van der Waals surface area contributed by atoms with Crippen molar-refractivity contribution in [1.29, 1.82) is 0 Å². The molecule has 0 aliphatic heterocycles. The van der Waals surface area contributed by atoms with E-state index >= 15 is 0 Å². The average Bonchev–Trinajstić information content (AvgIpc) is 2.78. The van der Waals surface area contributed by atoms with E-state index in [1.54, 1.807) is 11.3 Å². The first-order valence-corrected chi connectivity index (χ1v) is 7.15. The molecule has 1 N–H and O–H groups in total. The van der Waals surface area contributed by atoms with Crippen LogP contribution in [0.15, 0.2) is 30.5 Å². The first-order valence-electron chi connectivity index (χ1n) is 6.34. The normalized spacial score (nSPS) is 11.1. The number of aromatic nitrogens is 1. The summed E-state index contributed by atoms with van der Waals surface area (Å²) < 4.78 is 0. The van der Waals surface area contributed by atoms with Crippen LogP contribution in [0, 0.1) is 5.92 Å². The van der Waals surface area contributed by atoms with E-state index in [1.807, 2.05) is 6.20 Å². The maximum atomic E-state index is 8.90. The summed E-state index contributed by atoms with van der Waals surface area (Å²) in [6, 6.07) is 8.64. The van der Waals surface area contributed by atoms with Gasteiger partial charge in [-0.05, 0) is 17.9 Å². The summed E-state index contributed by atoms with van der Waals surface area (Å²) in [5.74, 6) is 0.687. The van der Waals surface area contributed by atoms with Crippen molar-refractivity contribution in [2.75, 3.05) is 6.61 Å². The number of hydrogen-bond donors (Lipinski definition) is 1. The van der Waals surface area contributed by atoms with Gasteiger partial charge in [-0.3, -0.25) is 0 Å². The predicted molar refractivity (Wildman–Crippen MR) is 76.9 cm³/mol. The van der Waals surface area contributed by atoms with E-state index in [1.165, 1.54) is 5.56 Å². The number of rotatable bonds is 5. The maximum absolute atomic E-state index is 8.90. The topological polar surface area (TPSA) is 33.1 Å². The molecule has 0 atom stereocenters. The Hall–Kier alpha value is -1.19. The van der Waals surface area contributed by atoms with Crippen LogP contribution in [0.4, 0.5) is 0 Å². The molecule has 0 aliphatic rings. The lowest BCUT2D eigenvalue weighted by Gasteiger charge is -2.05. The summed E-state index contributed by atoms with van der Waals surface area (Å²) in [6.07, 6.45) is 3.68. The highest BCUT2D eigenvalue weighted by Crippen LogP contribution is 2.26. The molecule has 0 spiro atoms. The largest absolute Gasteiger partial charge is 0.396 e. The van der Waals surface area contributed by atoms with Gasteiger partial charge in [0, 0.05) is 29.7 Å². The zero-order valence-electron chi connectivity index (χ0n) is 10.9. The highest BCUT2D eigenvalue weighted by Gasteiger charge is 2.05. The molecule has 3 heteroatoms. The SMILES string of the molecule is CC(C)Cc1ccc(-c2ncc(CCO)s2)cc1. The van der Waals surface area contributed by atoms with Gasteiger partial charge in [0.15, 0.2) is 0 Å². The molecule has 0 amide bonds. The van der Waals surface area contributed by atoms with Gasteiger partial charge in [-0.1, -0.05) is 38.1 Å². The Morgan fingerprint density at radius 1 is 1.22 bits per heavy atom. The van der Waals surface area contributed by atoms with Crippen molar-refractivity contribution < 1.29 is 5.11 Å². The first-order chi connectivity index (χ1) is 8.69. The average molecular weight is 261 g/mol. The summed E-state index contributed by atoms with van der Waals surface area (Å²) in [7, 11) is 0. The van der Waals surface area contributed by atoms with E-state index in [9.17, 15) is 0 Å². The zero-order valence-corrected chi connectivity index (χ0v) is 11.7. The lowest BCUT2D eigenvalue weighted by molar-refractivity contribution is 0.300. The van der Waals surface area contributed by atoms with Crippen molar-refractivity contribution in [3.63, 3.8) is 0 Å². The Kier molecular flexibility index (Phi) is 4.50. The molecule has 2 aromatic rings. The molecule has 2 rings (SSSR count). The zero-order chi connectivity index (χ0) is 13.0. The van der Waals surface area contributed by atoms with Gasteiger partial charge in [0.2, 0.25) is 0 Å². The second-order valence-electron chi connectivity index (χ2n) is 4.90. The lowest BCUT2D eigenvalue weighted by Crippen LogP contribution is -1.93. The predicted octanol–water partition coefficient (Wildman–Crippen LogP) is 3.54. The molecule has 2 nitrogen and oxygen atoms in total. The minimum absolute atomic E-state index is 0.189. The summed E-state index contributed by atoms with van der Waals surface area (Å²) in [5.41, 5.74) is 2.54. The van der Waals surface area contributed by atoms with Crippen LogP contribution < -0.4 is 0 Å². The van der Waals surface area contributed by atoms with Crippen LogP contribution in [0.25, 0.3) is 10.6 Å². The Labute approximate surface area is 112 Å². The number of benzene rings is 1. The Morgan fingerprint density at radius 2 is 1.94 bits per heavy atom. The van der Waals surface area contributed by atoms with E-state index < -0.39 is 0 Å². The molecular formula is C15H19NOS. The van der Waals surface area contributed by atoms with Crippen LogP contribution in [-0.4, -0.2) is 16.7 Å². The highest BCUT2D eigenvalue weighted by molar-refractivity contribution is 7.15. The van der Waals surface area contributed by atoms with Gasteiger partial charge in [-0.15, -0.1) is 11.3 Å². The molecule has 0 bridgehead atoms. The van der Waals surface area contributed by atoms with Crippen LogP contribution in [0.2, 0.25) is 0 Å². The fourth-order valence-electron chi connectivity index (χ4n) is 1.92. The Bertz CT molecular complexity index is 487.